The highest BCUT2D eigenvalue weighted by atomic mass is 35.5. The van der Waals surface area contributed by atoms with Crippen molar-refractivity contribution in [2.24, 2.45) is 0 Å². The van der Waals surface area contributed by atoms with Gasteiger partial charge in [0.05, 0.1) is 4.90 Å². The van der Waals surface area contributed by atoms with Crippen molar-refractivity contribution in [1.29, 1.82) is 0 Å². The zero-order valence-corrected chi connectivity index (χ0v) is 17.4. The third-order valence-corrected chi connectivity index (χ3v) is 6.57. The van der Waals surface area contributed by atoms with Gasteiger partial charge in [0.15, 0.2) is 9.84 Å². The van der Waals surface area contributed by atoms with Crippen LogP contribution in [-0.2, 0) is 9.84 Å². The van der Waals surface area contributed by atoms with Crippen LogP contribution in [0.1, 0.15) is 0 Å². The van der Waals surface area contributed by atoms with E-state index in [0.717, 1.165) is 16.3 Å². The lowest BCUT2D eigenvalue weighted by Gasteiger charge is -2.02. The van der Waals surface area contributed by atoms with E-state index in [0.29, 0.717) is 21.9 Å². The van der Waals surface area contributed by atoms with E-state index in [-0.39, 0.29) is 4.90 Å². The maximum atomic E-state index is 12.5. The number of thioether (sulfide) groups is 1. The Kier molecular flexibility index (Phi) is 5.71. The van der Waals surface area contributed by atoms with Crippen LogP contribution in [0.25, 0.3) is 22.2 Å². The molecule has 1 aromatic heterocycles. The summed E-state index contributed by atoms with van der Waals surface area (Å²) in [5, 5.41) is 12.0. The van der Waals surface area contributed by atoms with Gasteiger partial charge in [0.2, 0.25) is 5.89 Å². The van der Waals surface area contributed by atoms with Gasteiger partial charge in [0, 0.05) is 21.7 Å². The van der Waals surface area contributed by atoms with Crippen LogP contribution < -0.4 is 0 Å². The Labute approximate surface area is 177 Å². The van der Waals surface area contributed by atoms with E-state index in [2.05, 4.69) is 10.2 Å². The fraction of sp³-hybridized carbons (Fsp3) is 0.0476. The summed E-state index contributed by atoms with van der Waals surface area (Å²) in [5.41, 5.74) is 0.728. The molecule has 0 N–H and O–H groups in total. The second-order valence-corrected chi connectivity index (χ2v) is 9.36. The monoisotopic (exact) mass is 442 g/mol. The van der Waals surface area contributed by atoms with E-state index in [1.165, 1.54) is 17.2 Å². The average Bonchev–Trinajstić information content (AvgIpc) is 3.20. The van der Waals surface area contributed by atoms with Crippen LogP contribution in [0.5, 0.6) is 0 Å². The van der Waals surface area contributed by atoms with E-state index < -0.39 is 9.84 Å². The Balaban J connectivity index is 1.42. The topological polar surface area (TPSA) is 73.1 Å². The normalized spacial score (nSPS) is 12.0. The Bertz CT molecular complexity index is 1300. The molecule has 0 spiro atoms. The predicted octanol–water partition coefficient (Wildman–Crippen LogP) is 5.62. The minimum atomic E-state index is -3.52. The van der Waals surface area contributed by atoms with Gasteiger partial charge >= 0.3 is 0 Å². The molecule has 4 aromatic rings. The number of halogens is 1. The predicted molar refractivity (Wildman–Crippen MR) is 116 cm³/mol. The lowest BCUT2D eigenvalue weighted by molar-refractivity contribution is 0.466. The van der Waals surface area contributed by atoms with Crippen LogP contribution in [0.4, 0.5) is 0 Å². The van der Waals surface area contributed by atoms with Gasteiger partial charge in [-0.3, -0.25) is 0 Å². The van der Waals surface area contributed by atoms with Gasteiger partial charge < -0.3 is 4.42 Å². The summed E-state index contributed by atoms with van der Waals surface area (Å²) in [5.74, 6) is 0.743. The minimum Gasteiger partial charge on any atom is -0.411 e. The van der Waals surface area contributed by atoms with Crippen molar-refractivity contribution in [2.45, 2.75) is 10.1 Å². The lowest BCUT2D eigenvalue weighted by Crippen LogP contribution is -1.96. The van der Waals surface area contributed by atoms with E-state index >= 15 is 0 Å². The molecule has 4 rings (SSSR count). The zero-order valence-electron chi connectivity index (χ0n) is 15.0. The number of aromatic nitrogens is 2. The van der Waals surface area contributed by atoms with Crippen molar-refractivity contribution in [3.05, 3.63) is 83.2 Å². The van der Waals surface area contributed by atoms with E-state index in [1.54, 1.807) is 42.5 Å². The zero-order chi connectivity index (χ0) is 20.3. The summed E-state index contributed by atoms with van der Waals surface area (Å²) in [7, 11) is -3.52. The molecule has 0 atom stereocenters. The number of nitrogens with zero attached hydrogens (tertiary/aromatic N) is 2. The minimum absolute atomic E-state index is 0.262. The molecule has 0 fully saturated rings. The summed E-state index contributed by atoms with van der Waals surface area (Å²) in [4.78, 5) is 0.262. The first-order chi connectivity index (χ1) is 14.0. The third kappa shape index (κ3) is 4.70. The van der Waals surface area contributed by atoms with E-state index in [1.807, 2.05) is 30.3 Å². The molecule has 0 amide bonds. The van der Waals surface area contributed by atoms with Crippen LogP contribution in [0.15, 0.2) is 92.7 Å². The molecule has 146 valence electrons. The number of hydrogen-bond donors (Lipinski definition) is 0. The standard InChI is InChI=1S/C21H15ClN2O3S2/c22-18-8-3-7-17(13-18)20-23-24-21(27-20)28-11-4-12-29(25,26)19-10-9-15-5-1-2-6-16(15)14-19/h1-10,12-14H,11H2. The Morgan fingerprint density at radius 2 is 1.79 bits per heavy atom. The molecule has 8 heteroatoms. The maximum absolute atomic E-state index is 12.5. The van der Waals surface area contributed by atoms with Gasteiger partial charge in [-0.05, 0) is 41.1 Å². The van der Waals surface area contributed by atoms with Crippen molar-refractivity contribution in [3.8, 4) is 11.5 Å². The Morgan fingerprint density at radius 1 is 0.966 bits per heavy atom. The first-order valence-electron chi connectivity index (χ1n) is 8.64. The van der Waals surface area contributed by atoms with Crippen molar-refractivity contribution >= 4 is 44.0 Å². The second kappa shape index (κ2) is 8.41. The van der Waals surface area contributed by atoms with Crippen LogP contribution in [0.2, 0.25) is 5.02 Å². The Morgan fingerprint density at radius 3 is 2.62 bits per heavy atom. The van der Waals surface area contributed by atoms with Crippen molar-refractivity contribution < 1.29 is 12.8 Å². The fourth-order valence-corrected chi connectivity index (χ4v) is 4.65. The molecule has 0 bridgehead atoms. The van der Waals surface area contributed by atoms with Crippen molar-refractivity contribution in [2.75, 3.05) is 5.75 Å². The summed E-state index contributed by atoms with van der Waals surface area (Å²) < 4.78 is 30.7. The number of benzene rings is 3. The molecular weight excluding hydrogens is 428 g/mol. The molecule has 1 heterocycles. The van der Waals surface area contributed by atoms with Gasteiger partial charge in [0.1, 0.15) is 0 Å². The van der Waals surface area contributed by atoms with Crippen LogP contribution >= 0.6 is 23.4 Å². The number of sulfone groups is 1. The number of rotatable bonds is 6. The maximum Gasteiger partial charge on any atom is 0.277 e. The highest BCUT2D eigenvalue weighted by molar-refractivity contribution is 7.99. The van der Waals surface area contributed by atoms with E-state index in [9.17, 15) is 8.42 Å². The molecule has 0 saturated heterocycles. The van der Waals surface area contributed by atoms with Gasteiger partial charge in [-0.1, -0.05) is 65.8 Å². The van der Waals surface area contributed by atoms with Crippen molar-refractivity contribution in [1.82, 2.24) is 10.2 Å². The van der Waals surface area contributed by atoms with E-state index in [4.69, 9.17) is 16.0 Å². The first kappa shape index (κ1) is 19.7. The van der Waals surface area contributed by atoms with Gasteiger partial charge in [0.25, 0.3) is 5.22 Å². The van der Waals surface area contributed by atoms with Gasteiger partial charge in [-0.15, -0.1) is 10.2 Å². The smallest absolute Gasteiger partial charge is 0.277 e. The summed E-state index contributed by atoms with van der Waals surface area (Å²) >= 11 is 7.22. The van der Waals surface area contributed by atoms with Crippen LogP contribution in [0, 0.1) is 0 Å². The molecule has 0 aliphatic rings. The second-order valence-electron chi connectivity index (χ2n) is 6.12. The average molecular weight is 443 g/mol. The van der Waals surface area contributed by atoms with Crippen LogP contribution in [0.3, 0.4) is 0 Å². The summed E-state index contributed by atoms with van der Waals surface area (Å²) in [6.45, 7) is 0. The quantitative estimate of drug-likeness (QED) is 0.360. The SMILES string of the molecule is O=S(=O)(C=CCSc1nnc(-c2cccc(Cl)c2)o1)c1ccc2ccccc2c1. The highest BCUT2D eigenvalue weighted by Crippen LogP contribution is 2.25. The molecule has 0 aliphatic carbocycles. The van der Waals surface area contributed by atoms with Gasteiger partial charge in [-0.25, -0.2) is 8.42 Å². The Hall–Kier alpha value is -2.61. The van der Waals surface area contributed by atoms with Crippen LogP contribution in [-0.4, -0.2) is 24.4 Å². The molecule has 0 saturated carbocycles. The number of fused-ring (bicyclic) bond motifs is 1. The molecule has 5 nitrogen and oxygen atoms in total. The lowest BCUT2D eigenvalue weighted by atomic mass is 10.1. The third-order valence-electron chi connectivity index (χ3n) is 4.11. The molecule has 3 aromatic carbocycles. The molecule has 0 unspecified atom stereocenters. The summed E-state index contributed by atoms with van der Waals surface area (Å²) in [6, 6.07) is 19.9. The fourth-order valence-electron chi connectivity index (χ4n) is 2.71. The molecular formula is C21H15ClN2O3S2. The largest absolute Gasteiger partial charge is 0.411 e. The van der Waals surface area contributed by atoms with Gasteiger partial charge in [-0.2, -0.15) is 0 Å². The first-order valence-corrected chi connectivity index (χ1v) is 11.5. The van der Waals surface area contributed by atoms with Crippen molar-refractivity contribution in [3.63, 3.8) is 0 Å². The summed E-state index contributed by atoms with van der Waals surface area (Å²) in [6.07, 6.45) is 1.57. The molecule has 0 radical (unpaired) electrons. The number of hydrogen-bond acceptors (Lipinski definition) is 6. The molecule has 29 heavy (non-hydrogen) atoms. The molecule has 0 aliphatic heterocycles. The highest BCUT2D eigenvalue weighted by Gasteiger charge is 2.12.